The highest BCUT2D eigenvalue weighted by Gasteiger charge is 2.33. The van der Waals surface area contributed by atoms with Crippen LogP contribution in [0.3, 0.4) is 0 Å². The zero-order valence-electron chi connectivity index (χ0n) is 12.3. The number of carbonyl (C=O) groups excluding carboxylic acids is 2. The first-order valence-corrected chi connectivity index (χ1v) is 7.02. The quantitative estimate of drug-likeness (QED) is 0.871. The van der Waals surface area contributed by atoms with E-state index in [0.717, 1.165) is 5.56 Å². The highest BCUT2D eigenvalue weighted by atomic mass is 16.5. The van der Waals surface area contributed by atoms with Crippen LogP contribution in [0.1, 0.15) is 25.5 Å². The van der Waals surface area contributed by atoms with Gasteiger partial charge in [0.2, 0.25) is 5.91 Å². The molecule has 6 nitrogen and oxygen atoms in total. The number of hydrogen-bond acceptors (Lipinski definition) is 4. The first kappa shape index (κ1) is 15.5. The van der Waals surface area contributed by atoms with Gasteiger partial charge in [-0.15, -0.1) is 0 Å². The molecule has 21 heavy (non-hydrogen) atoms. The number of amides is 3. The van der Waals surface area contributed by atoms with Crippen LogP contribution in [0.15, 0.2) is 30.3 Å². The molecule has 3 atom stereocenters. The Balaban J connectivity index is 2.27. The van der Waals surface area contributed by atoms with Crippen molar-refractivity contribution in [1.82, 2.24) is 10.2 Å². The lowest BCUT2D eigenvalue weighted by Gasteiger charge is -2.39. The van der Waals surface area contributed by atoms with E-state index in [4.69, 9.17) is 10.5 Å². The maximum absolute atomic E-state index is 12.4. The van der Waals surface area contributed by atoms with Gasteiger partial charge in [0.15, 0.2) is 0 Å². The zero-order valence-corrected chi connectivity index (χ0v) is 12.3. The van der Waals surface area contributed by atoms with Crippen LogP contribution in [0.5, 0.6) is 0 Å². The molecule has 0 aromatic heterocycles. The SMILES string of the molecule is CC1CN(C(C(=O)NC(N)=O)c2ccccc2)CC(C)O1. The summed E-state index contributed by atoms with van der Waals surface area (Å²) in [6, 6.07) is 7.98. The minimum Gasteiger partial charge on any atom is -0.373 e. The van der Waals surface area contributed by atoms with E-state index in [-0.39, 0.29) is 12.2 Å². The first-order chi connectivity index (χ1) is 9.97. The molecule has 0 radical (unpaired) electrons. The van der Waals surface area contributed by atoms with Crippen molar-refractivity contribution in [2.24, 2.45) is 5.73 Å². The number of hydrogen-bond donors (Lipinski definition) is 2. The Morgan fingerprint density at radius 3 is 2.33 bits per heavy atom. The molecule has 0 saturated carbocycles. The van der Waals surface area contributed by atoms with Crippen LogP contribution in [-0.4, -0.2) is 42.1 Å². The summed E-state index contributed by atoms with van der Waals surface area (Å²) >= 11 is 0. The molecule has 6 heteroatoms. The lowest BCUT2D eigenvalue weighted by Crippen LogP contribution is -2.52. The average molecular weight is 291 g/mol. The lowest BCUT2D eigenvalue weighted by molar-refractivity contribution is -0.132. The molecule has 3 unspecified atom stereocenters. The normalized spacial score (nSPS) is 24.3. The molecule has 1 aromatic carbocycles. The molecular formula is C15H21N3O3. The number of morpholine rings is 1. The Morgan fingerprint density at radius 1 is 1.24 bits per heavy atom. The smallest absolute Gasteiger partial charge is 0.318 e. The summed E-state index contributed by atoms with van der Waals surface area (Å²) in [5, 5.41) is 2.19. The molecule has 3 amide bonds. The Hall–Kier alpha value is -1.92. The van der Waals surface area contributed by atoms with E-state index in [1.165, 1.54) is 0 Å². The highest BCUT2D eigenvalue weighted by molar-refractivity contribution is 5.96. The van der Waals surface area contributed by atoms with Gasteiger partial charge < -0.3 is 10.5 Å². The summed E-state index contributed by atoms with van der Waals surface area (Å²) in [7, 11) is 0. The van der Waals surface area contributed by atoms with Crippen LogP contribution in [-0.2, 0) is 9.53 Å². The fourth-order valence-electron chi connectivity index (χ4n) is 2.78. The molecule has 0 spiro atoms. The van der Waals surface area contributed by atoms with Gasteiger partial charge in [0.1, 0.15) is 6.04 Å². The molecule has 114 valence electrons. The third-order valence-corrected chi connectivity index (χ3v) is 3.42. The topological polar surface area (TPSA) is 84.7 Å². The van der Waals surface area contributed by atoms with Gasteiger partial charge in [0, 0.05) is 13.1 Å². The van der Waals surface area contributed by atoms with Crippen LogP contribution < -0.4 is 11.1 Å². The van der Waals surface area contributed by atoms with Crippen molar-refractivity contribution in [1.29, 1.82) is 0 Å². The predicted octanol–water partition coefficient (Wildman–Crippen LogP) is 1.03. The summed E-state index contributed by atoms with van der Waals surface area (Å²) in [6.45, 7) is 5.18. The summed E-state index contributed by atoms with van der Waals surface area (Å²) in [5.74, 6) is -0.407. The number of rotatable bonds is 3. The Labute approximate surface area is 124 Å². The third kappa shape index (κ3) is 4.03. The largest absolute Gasteiger partial charge is 0.373 e. The molecule has 1 aliphatic heterocycles. The summed E-state index contributed by atoms with van der Waals surface area (Å²) < 4.78 is 5.70. The molecular weight excluding hydrogens is 270 g/mol. The van der Waals surface area contributed by atoms with Crippen molar-refractivity contribution in [3.63, 3.8) is 0 Å². The fourth-order valence-corrected chi connectivity index (χ4v) is 2.78. The van der Waals surface area contributed by atoms with Gasteiger partial charge in [-0.05, 0) is 19.4 Å². The van der Waals surface area contributed by atoms with E-state index >= 15 is 0 Å². The van der Waals surface area contributed by atoms with Crippen molar-refractivity contribution >= 4 is 11.9 Å². The number of nitrogens with one attached hydrogen (secondary N) is 1. The molecule has 1 aromatic rings. The van der Waals surface area contributed by atoms with Crippen molar-refractivity contribution < 1.29 is 14.3 Å². The number of ether oxygens (including phenoxy) is 1. The molecule has 1 aliphatic rings. The Kier molecular flexibility index (Phi) is 4.93. The second-order valence-corrected chi connectivity index (χ2v) is 5.38. The minimum absolute atomic E-state index is 0.0290. The van der Waals surface area contributed by atoms with Gasteiger partial charge >= 0.3 is 6.03 Å². The summed E-state index contributed by atoms with van der Waals surface area (Å²) in [6.07, 6.45) is 0.0580. The number of urea groups is 1. The van der Waals surface area contributed by atoms with Crippen LogP contribution in [0, 0.1) is 0 Å². The molecule has 0 aliphatic carbocycles. The van der Waals surface area contributed by atoms with Gasteiger partial charge in [0.25, 0.3) is 0 Å². The minimum atomic E-state index is -0.838. The first-order valence-electron chi connectivity index (χ1n) is 7.02. The standard InChI is InChI=1S/C15H21N3O3/c1-10-8-18(9-11(2)21-10)13(14(19)17-15(16)20)12-6-4-3-5-7-12/h3-7,10-11,13H,8-9H2,1-2H3,(H3,16,17,19,20). The molecule has 1 saturated heterocycles. The van der Waals surface area contributed by atoms with E-state index < -0.39 is 18.0 Å². The molecule has 1 fully saturated rings. The monoisotopic (exact) mass is 291 g/mol. The number of primary amides is 1. The molecule has 3 N–H and O–H groups in total. The van der Waals surface area contributed by atoms with E-state index in [2.05, 4.69) is 5.32 Å². The fraction of sp³-hybridized carbons (Fsp3) is 0.467. The van der Waals surface area contributed by atoms with E-state index in [0.29, 0.717) is 13.1 Å². The van der Waals surface area contributed by atoms with E-state index in [1.807, 2.05) is 49.1 Å². The molecule has 2 rings (SSSR count). The maximum atomic E-state index is 12.4. The van der Waals surface area contributed by atoms with Crippen LogP contribution in [0.2, 0.25) is 0 Å². The zero-order chi connectivity index (χ0) is 15.4. The van der Waals surface area contributed by atoms with Gasteiger partial charge in [-0.2, -0.15) is 0 Å². The van der Waals surface area contributed by atoms with Crippen molar-refractivity contribution in [2.75, 3.05) is 13.1 Å². The summed E-state index contributed by atoms with van der Waals surface area (Å²) in [4.78, 5) is 25.4. The van der Waals surface area contributed by atoms with Gasteiger partial charge in [-0.1, -0.05) is 30.3 Å². The number of nitrogens with two attached hydrogens (primary N) is 1. The van der Waals surface area contributed by atoms with Crippen LogP contribution in [0.4, 0.5) is 4.79 Å². The van der Waals surface area contributed by atoms with Gasteiger partial charge in [-0.3, -0.25) is 15.0 Å². The molecule has 0 bridgehead atoms. The molecule has 1 heterocycles. The highest BCUT2D eigenvalue weighted by Crippen LogP contribution is 2.25. The Morgan fingerprint density at radius 2 is 1.81 bits per heavy atom. The van der Waals surface area contributed by atoms with Crippen molar-refractivity contribution in [3.8, 4) is 0 Å². The number of nitrogens with zero attached hydrogens (tertiary/aromatic N) is 1. The van der Waals surface area contributed by atoms with Crippen LogP contribution in [0.25, 0.3) is 0 Å². The van der Waals surface area contributed by atoms with E-state index in [9.17, 15) is 9.59 Å². The van der Waals surface area contributed by atoms with Crippen molar-refractivity contribution in [2.45, 2.75) is 32.1 Å². The van der Waals surface area contributed by atoms with Gasteiger partial charge in [0.05, 0.1) is 12.2 Å². The van der Waals surface area contributed by atoms with E-state index in [1.54, 1.807) is 0 Å². The van der Waals surface area contributed by atoms with Crippen molar-refractivity contribution in [3.05, 3.63) is 35.9 Å². The second kappa shape index (κ2) is 6.69. The number of benzene rings is 1. The van der Waals surface area contributed by atoms with Crippen LogP contribution >= 0.6 is 0 Å². The lowest BCUT2D eigenvalue weighted by atomic mass is 10.0. The third-order valence-electron chi connectivity index (χ3n) is 3.42. The van der Waals surface area contributed by atoms with Gasteiger partial charge in [-0.25, -0.2) is 4.79 Å². The Bertz CT molecular complexity index is 496. The summed E-state index contributed by atoms with van der Waals surface area (Å²) in [5.41, 5.74) is 5.91. The maximum Gasteiger partial charge on any atom is 0.318 e. The number of carbonyl (C=O) groups is 2. The number of imide groups is 1. The predicted molar refractivity (Wildman–Crippen MR) is 78.5 cm³/mol. The second-order valence-electron chi connectivity index (χ2n) is 5.38. The average Bonchev–Trinajstić information content (AvgIpc) is 2.38.